The number of nitrogens with zero attached hydrogens (tertiary/aromatic N) is 2. The van der Waals surface area contributed by atoms with Gasteiger partial charge in [0.15, 0.2) is 0 Å². The second-order valence-corrected chi connectivity index (χ2v) is 7.19. The van der Waals surface area contributed by atoms with E-state index in [0.29, 0.717) is 6.54 Å². The third-order valence-corrected chi connectivity index (χ3v) is 4.33. The lowest BCUT2D eigenvalue weighted by atomic mass is 10.1. The summed E-state index contributed by atoms with van der Waals surface area (Å²) in [6.07, 6.45) is 0.800. The number of carbonyl (C=O) groups excluding carboxylic acids is 1. The Morgan fingerprint density at radius 3 is 2.50 bits per heavy atom. The van der Waals surface area contributed by atoms with Crippen LogP contribution >= 0.6 is 11.6 Å². The Hall–Kier alpha value is -1.26. The molecule has 1 saturated heterocycles. The molecule has 122 valence electrons. The highest BCUT2D eigenvalue weighted by Crippen LogP contribution is 2.15. The topological polar surface area (TPSA) is 35.6 Å². The van der Waals surface area contributed by atoms with Gasteiger partial charge in [-0.15, -0.1) is 0 Å². The number of carbonyl (C=O) groups is 1. The van der Waals surface area contributed by atoms with E-state index in [9.17, 15) is 4.79 Å². The molecular formula is C17H26ClN3O. The van der Waals surface area contributed by atoms with E-state index in [4.69, 9.17) is 11.6 Å². The maximum absolute atomic E-state index is 12.2. The maximum atomic E-state index is 12.2. The van der Waals surface area contributed by atoms with Crippen LogP contribution < -0.4 is 5.32 Å². The van der Waals surface area contributed by atoms with Crippen molar-refractivity contribution in [2.24, 2.45) is 0 Å². The number of amides is 2. The van der Waals surface area contributed by atoms with Crippen LogP contribution in [0.15, 0.2) is 24.3 Å². The predicted molar refractivity (Wildman–Crippen MR) is 91.5 cm³/mol. The van der Waals surface area contributed by atoms with E-state index in [1.54, 1.807) is 0 Å². The van der Waals surface area contributed by atoms with Crippen molar-refractivity contribution < 1.29 is 4.79 Å². The lowest BCUT2D eigenvalue weighted by molar-refractivity contribution is 0.0744. The molecule has 0 saturated carbocycles. The first-order valence-electron chi connectivity index (χ1n) is 7.88. The molecule has 1 aromatic carbocycles. The number of rotatable bonds is 3. The van der Waals surface area contributed by atoms with E-state index in [-0.39, 0.29) is 11.6 Å². The minimum absolute atomic E-state index is 0.0376. The van der Waals surface area contributed by atoms with Crippen LogP contribution in [0.5, 0.6) is 0 Å². The minimum Gasteiger partial charge on any atom is -0.338 e. The van der Waals surface area contributed by atoms with E-state index < -0.39 is 0 Å². The third-order valence-electron chi connectivity index (χ3n) is 4.09. The Balaban J connectivity index is 1.72. The van der Waals surface area contributed by atoms with Crippen molar-refractivity contribution in [3.8, 4) is 0 Å². The molecule has 1 fully saturated rings. The van der Waals surface area contributed by atoms with Crippen molar-refractivity contribution in [3.05, 3.63) is 34.9 Å². The Morgan fingerprint density at radius 1 is 1.23 bits per heavy atom. The van der Waals surface area contributed by atoms with Gasteiger partial charge in [-0.3, -0.25) is 4.90 Å². The monoisotopic (exact) mass is 323 g/mol. The average molecular weight is 324 g/mol. The highest BCUT2D eigenvalue weighted by molar-refractivity contribution is 6.30. The Morgan fingerprint density at radius 2 is 1.91 bits per heavy atom. The third kappa shape index (κ3) is 4.89. The first kappa shape index (κ1) is 17.1. The quantitative estimate of drug-likeness (QED) is 0.928. The van der Waals surface area contributed by atoms with Gasteiger partial charge in [0.2, 0.25) is 0 Å². The van der Waals surface area contributed by atoms with Crippen molar-refractivity contribution in [2.45, 2.75) is 32.7 Å². The van der Waals surface area contributed by atoms with Crippen molar-refractivity contribution in [3.63, 3.8) is 0 Å². The summed E-state index contributed by atoms with van der Waals surface area (Å²) in [6.45, 7) is 10.7. The van der Waals surface area contributed by atoms with Gasteiger partial charge in [-0.2, -0.15) is 0 Å². The molecule has 0 aliphatic carbocycles. The fourth-order valence-electron chi connectivity index (χ4n) is 2.70. The molecule has 2 amide bonds. The van der Waals surface area contributed by atoms with Crippen LogP contribution in [0.3, 0.4) is 0 Å². The average Bonchev–Trinajstić information content (AvgIpc) is 2.46. The minimum atomic E-state index is 0.0376. The van der Waals surface area contributed by atoms with Gasteiger partial charge in [-0.25, -0.2) is 4.79 Å². The standard InChI is InChI=1S/C17H26ClN3O/c1-17(2,3)21-11-9-20(10-12-21)16(22)19-8-7-14-5-4-6-15(18)13-14/h4-6,13H,7-12H2,1-3H3,(H,19,22). The zero-order chi connectivity index (χ0) is 16.2. The fourth-order valence-corrected chi connectivity index (χ4v) is 2.91. The zero-order valence-electron chi connectivity index (χ0n) is 13.7. The number of benzene rings is 1. The Kier molecular flexibility index (Phi) is 5.70. The lowest BCUT2D eigenvalue weighted by Crippen LogP contribution is -2.56. The van der Waals surface area contributed by atoms with Crippen LogP contribution in [0.1, 0.15) is 26.3 Å². The van der Waals surface area contributed by atoms with Crippen LogP contribution in [0.4, 0.5) is 4.79 Å². The van der Waals surface area contributed by atoms with Crippen molar-refractivity contribution in [1.82, 2.24) is 15.1 Å². The Bertz CT molecular complexity index is 505. The van der Waals surface area contributed by atoms with Gasteiger partial charge < -0.3 is 10.2 Å². The molecule has 0 bridgehead atoms. The van der Waals surface area contributed by atoms with Crippen LogP contribution in [0, 0.1) is 0 Å². The number of hydrogen-bond donors (Lipinski definition) is 1. The van der Waals surface area contributed by atoms with Gasteiger partial charge in [0, 0.05) is 43.3 Å². The molecule has 0 radical (unpaired) electrons. The van der Waals surface area contributed by atoms with Crippen molar-refractivity contribution in [2.75, 3.05) is 32.7 Å². The summed E-state index contributed by atoms with van der Waals surface area (Å²) in [6, 6.07) is 7.80. The van der Waals surface area contributed by atoms with Crippen molar-refractivity contribution >= 4 is 17.6 Å². The van der Waals surface area contributed by atoms with E-state index in [0.717, 1.165) is 43.2 Å². The molecular weight excluding hydrogens is 298 g/mol. The Labute approximate surface area is 138 Å². The van der Waals surface area contributed by atoms with E-state index in [2.05, 4.69) is 31.0 Å². The molecule has 1 heterocycles. The summed E-state index contributed by atoms with van der Waals surface area (Å²) < 4.78 is 0. The molecule has 0 aromatic heterocycles. The smallest absolute Gasteiger partial charge is 0.317 e. The molecule has 0 unspecified atom stereocenters. The summed E-state index contributed by atoms with van der Waals surface area (Å²) >= 11 is 5.96. The van der Waals surface area contributed by atoms with E-state index >= 15 is 0 Å². The van der Waals surface area contributed by atoms with E-state index in [1.807, 2.05) is 29.2 Å². The SMILES string of the molecule is CC(C)(C)N1CCN(C(=O)NCCc2cccc(Cl)c2)CC1. The molecule has 0 atom stereocenters. The second-order valence-electron chi connectivity index (χ2n) is 6.76. The molecule has 1 N–H and O–H groups in total. The van der Waals surface area contributed by atoms with Gasteiger partial charge in [-0.05, 0) is 44.9 Å². The summed E-state index contributed by atoms with van der Waals surface area (Å²) in [5, 5.41) is 3.74. The van der Waals surface area contributed by atoms with Gasteiger partial charge >= 0.3 is 6.03 Å². The molecule has 4 nitrogen and oxygen atoms in total. The zero-order valence-corrected chi connectivity index (χ0v) is 14.5. The number of piperazine rings is 1. The summed E-state index contributed by atoms with van der Waals surface area (Å²) in [4.78, 5) is 16.5. The number of hydrogen-bond acceptors (Lipinski definition) is 2. The van der Waals surface area contributed by atoms with Crippen LogP contribution in [-0.4, -0.2) is 54.1 Å². The lowest BCUT2D eigenvalue weighted by Gasteiger charge is -2.42. The number of nitrogens with one attached hydrogen (secondary N) is 1. The number of halogens is 1. The predicted octanol–water partition coefficient (Wildman–Crippen LogP) is 3.01. The van der Waals surface area contributed by atoms with Crippen LogP contribution in [-0.2, 0) is 6.42 Å². The summed E-state index contributed by atoms with van der Waals surface area (Å²) in [7, 11) is 0. The van der Waals surface area contributed by atoms with E-state index in [1.165, 1.54) is 0 Å². The van der Waals surface area contributed by atoms with Gasteiger partial charge in [0.1, 0.15) is 0 Å². The molecule has 2 rings (SSSR count). The summed E-state index contributed by atoms with van der Waals surface area (Å²) in [5.74, 6) is 0. The summed E-state index contributed by atoms with van der Waals surface area (Å²) in [5.41, 5.74) is 1.32. The second kappa shape index (κ2) is 7.34. The molecule has 1 aliphatic heterocycles. The molecule has 0 spiro atoms. The van der Waals surface area contributed by atoms with Gasteiger partial charge in [0.05, 0.1) is 0 Å². The number of urea groups is 1. The highest BCUT2D eigenvalue weighted by atomic mass is 35.5. The normalized spacial score (nSPS) is 16.6. The van der Waals surface area contributed by atoms with Gasteiger partial charge in [0.25, 0.3) is 0 Å². The molecule has 1 aromatic rings. The molecule has 22 heavy (non-hydrogen) atoms. The largest absolute Gasteiger partial charge is 0.338 e. The van der Waals surface area contributed by atoms with Gasteiger partial charge in [-0.1, -0.05) is 23.7 Å². The first-order chi connectivity index (χ1) is 10.4. The maximum Gasteiger partial charge on any atom is 0.317 e. The van der Waals surface area contributed by atoms with Crippen LogP contribution in [0.2, 0.25) is 5.02 Å². The first-order valence-corrected chi connectivity index (χ1v) is 8.26. The highest BCUT2D eigenvalue weighted by Gasteiger charge is 2.27. The van der Waals surface area contributed by atoms with Crippen LogP contribution in [0.25, 0.3) is 0 Å². The van der Waals surface area contributed by atoms with Crippen molar-refractivity contribution in [1.29, 1.82) is 0 Å². The molecule has 5 heteroatoms. The fraction of sp³-hybridized carbons (Fsp3) is 0.588. The molecule has 1 aliphatic rings.